The highest BCUT2D eigenvalue weighted by Gasteiger charge is 2.42. The summed E-state index contributed by atoms with van der Waals surface area (Å²) in [6.45, 7) is 7.07. The highest BCUT2D eigenvalue weighted by atomic mass is 15.0. The zero-order valence-corrected chi connectivity index (χ0v) is 28.7. The molecule has 51 heavy (non-hydrogen) atoms. The summed E-state index contributed by atoms with van der Waals surface area (Å²) in [6, 6.07) is 50.1. The molecular formula is C48H37N3+2. The molecule has 0 saturated carbocycles. The van der Waals surface area contributed by atoms with E-state index < -0.39 is 0 Å². The van der Waals surface area contributed by atoms with Gasteiger partial charge in [0.25, 0.3) is 0 Å². The lowest BCUT2D eigenvalue weighted by Crippen LogP contribution is -2.49. The summed E-state index contributed by atoms with van der Waals surface area (Å²) in [7, 11) is 0. The number of para-hydroxylation sites is 2. The zero-order valence-electron chi connectivity index (χ0n) is 28.7. The van der Waals surface area contributed by atoms with Crippen molar-refractivity contribution in [3.05, 3.63) is 169 Å². The van der Waals surface area contributed by atoms with Gasteiger partial charge in [-0.1, -0.05) is 84.9 Å². The van der Waals surface area contributed by atoms with Gasteiger partial charge in [0.15, 0.2) is 24.1 Å². The number of pyridine rings is 2. The summed E-state index contributed by atoms with van der Waals surface area (Å²) in [5, 5.41) is 5.26. The third kappa shape index (κ3) is 4.12. The fourth-order valence-corrected chi connectivity index (χ4v) is 9.58. The van der Waals surface area contributed by atoms with Crippen molar-refractivity contribution in [2.75, 3.05) is 0 Å². The third-order valence-corrected chi connectivity index (χ3v) is 11.9. The fraction of sp³-hybridized carbons (Fsp3) is 0.125. The minimum Gasteiger partial charge on any atom is -0.308 e. The third-order valence-electron chi connectivity index (χ3n) is 11.9. The van der Waals surface area contributed by atoms with E-state index in [1.807, 2.05) is 0 Å². The first-order chi connectivity index (χ1) is 25.1. The number of hydrogen-bond donors (Lipinski definition) is 0. The van der Waals surface area contributed by atoms with E-state index in [1.54, 1.807) is 0 Å². The molecule has 0 aliphatic carbocycles. The predicted molar refractivity (Wildman–Crippen MR) is 209 cm³/mol. The van der Waals surface area contributed by atoms with Gasteiger partial charge in [-0.05, 0) is 78.9 Å². The van der Waals surface area contributed by atoms with E-state index in [1.165, 1.54) is 88.4 Å². The number of hydrogen-bond acceptors (Lipinski definition) is 0. The number of benzene rings is 5. The highest BCUT2D eigenvalue weighted by molar-refractivity contribution is 6.23. The van der Waals surface area contributed by atoms with Crippen LogP contribution >= 0.6 is 0 Å². The van der Waals surface area contributed by atoms with Gasteiger partial charge in [0.05, 0.1) is 28.5 Å². The average molecular weight is 656 g/mol. The predicted octanol–water partition coefficient (Wildman–Crippen LogP) is 10.9. The molecule has 0 radical (unpaired) electrons. The first-order valence-electron chi connectivity index (χ1n) is 18.2. The Bertz CT molecular complexity index is 2880. The molecule has 0 bridgehead atoms. The van der Waals surface area contributed by atoms with Crippen LogP contribution in [0.25, 0.3) is 77.4 Å². The molecular weight excluding hydrogens is 619 g/mol. The topological polar surface area (TPSA) is 12.2 Å². The number of aromatic nitrogens is 3. The summed E-state index contributed by atoms with van der Waals surface area (Å²) in [5.74, 6) is 0.348. The van der Waals surface area contributed by atoms with Gasteiger partial charge in [-0.25, -0.2) is 0 Å². The molecule has 4 aromatic heterocycles. The second-order valence-corrected chi connectivity index (χ2v) is 14.7. The minimum atomic E-state index is 0.254. The van der Waals surface area contributed by atoms with Crippen molar-refractivity contribution in [2.45, 2.75) is 38.1 Å². The molecule has 2 atom stereocenters. The Hall–Kier alpha value is -6.06. The number of allylic oxidation sites excluding steroid dienone is 1. The lowest BCUT2D eigenvalue weighted by Gasteiger charge is -2.31. The van der Waals surface area contributed by atoms with Gasteiger partial charge in [0, 0.05) is 56.8 Å². The summed E-state index contributed by atoms with van der Waals surface area (Å²) >= 11 is 0. The van der Waals surface area contributed by atoms with Crippen molar-refractivity contribution in [3.63, 3.8) is 0 Å². The average Bonchev–Trinajstić information content (AvgIpc) is 3.69. The Morgan fingerprint density at radius 1 is 0.647 bits per heavy atom. The zero-order chi connectivity index (χ0) is 33.8. The number of nitrogens with zero attached hydrogens (tertiary/aromatic N) is 3. The second kappa shape index (κ2) is 10.7. The molecule has 2 aliphatic rings. The van der Waals surface area contributed by atoms with E-state index in [-0.39, 0.29) is 6.04 Å². The molecule has 5 aromatic carbocycles. The first-order valence-corrected chi connectivity index (χ1v) is 18.2. The second-order valence-electron chi connectivity index (χ2n) is 14.7. The summed E-state index contributed by atoms with van der Waals surface area (Å²) in [4.78, 5) is 0. The molecule has 2 aliphatic heterocycles. The smallest absolute Gasteiger partial charge is 0.219 e. The Kier molecular flexibility index (Phi) is 6.04. The molecule has 6 heterocycles. The molecule has 0 N–H and O–H groups in total. The van der Waals surface area contributed by atoms with E-state index in [0.29, 0.717) is 5.92 Å². The molecule has 11 rings (SSSR count). The molecule has 0 spiro atoms. The van der Waals surface area contributed by atoms with Crippen molar-refractivity contribution in [2.24, 2.45) is 0 Å². The van der Waals surface area contributed by atoms with Crippen LogP contribution in [0.4, 0.5) is 0 Å². The first kappa shape index (κ1) is 28.7. The maximum absolute atomic E-state index is 4.85. The molecule has 0 saturated heterocycles. The molecule has 9 aromatic rings. The van der Waals surface area contributed by atoms with Crippen LogP contribution in [-0.2, 0) is 6.42 Å². The maximum Gasteiger partial charge on any atom is 0.219 e. The van der Waals surface area contributed by atoms with E-state index in [2.05, 4.69) is 166 Å². The van der Waals surface area contributed by atoms with Crippen LogP contribution in [0.15, 0.2) is 152 Å². The van der Waals surface area contributed by atoms with Crippen molar-refractivity contribution in [1.82, 2.24) is 4.40 Å². The van der Waals surface area contributed by atoms with Gasteiger partial charge in [-0.15, -0.1) is 0 Å². The normalized spacial score (nSPS) is 16.9. The van der Waals surface area contributed by atoms with Crippen molar-refractivity contribution >= 4 is 43.8 Å². The number of fused-ring (bicyclic) bond motifs is 15. The van der Waals surface area contributed by atoms with Gasteiger partial charge in [-0.3, -0.25) is 0 Å². The van der Waals surface area contributed by atoms with Gasteiger partial charge in [0.1, 0.15) is 0 Å². The van der Waals surface area contributed by atoms with E-state index in [4.69, 9.17) is 6.58 Å². The van der Waals surface area contributed by atoms with Gasteiger partial charge >= 0.3 is 0 Å². The summed E-state index contributed by atoms with van der Waals surface area (Å²) < 4.78 is 7.48. The van der Waals surface area contributed by atoms with E-state index >= 15 is 0 Å². The van der Waals surface area contributed by atoms with Crippen LogP contribution in [-0.4, -0.2) is 4.40 Å². The van der Waals surface area contributed by atoms with Gasteiger partial charge in [0.2, 0.25) is 11.4 Å². The van der Waals surface area contributed by atoms with Crippen molar-refractivity contribution < 1.29 is 9.13 Å². The van der Waals surface area contributed by atoms with E-state index in [9.17, 15) is 0 Å². The number of aryl methyl sites for hydroxylation is 2. The van der Waals surface area contributed by atoms with Gasteiger partial charge in [-0.2, -0.15) is 9.13 Å². The largest absolute Gasteiger partial charge is 0.308 e. The molecule has 3 heteroatoms. The molecule has 0 amide bonds. The number of rotatable bonds is 1. The summed E-state index contributed by atoms with van der Waals surface area (Å²) in [5.41, 5.74) is 16.7. The van der Waals surface area contributed by atoms with Crippen LogP contribution < -0.4 is 9.13 Å². The Morgan fingerprint density at radius 2 is 1.43 bits per heavy atom. The molecule has 242 valence electrons. The van der Waals surface area contributed by atoms with Gasteiger partial charge < -0.3 is 4.40 Å². The highest BCUT2D eigenvalue weighted by Crippen LogP contribution is 2.46. The van der Waals surface area contributed by atoms with Crippen LogP contribution in [0, 0.1) is 6.92 Å². The lowest BCUT2D eigenvalue weighted by molar-refractivity contribution is -0.720. The van der Waals surface area contributed by atoms with Crippen LogP contribution in [0.5, 0.6) is 0 Å². The minimum absolute atomic E-state index is 0.254. The SMILES string of the molecule is C=C1CC2C(CCc3cc4c(cc3-c3cc(-c5ccccc5)cc[n+]31)c1cccc3c5ccccc5n4c31)c1ccccc1-c1ccc(C)c[n+]12. The monoisotopic (exact) mass is 655 g/mol. The van der Waals surface area contributed by atoms with Crippen LogP contribution in [0.1, 0.15) is 41.5 Å². The summed E-state index contributed by atoms with van der Waals surface area (Å²) in [6.07, 6.45) is 7.52. The molecule has 3 nitrogen and oxygen atoms in total. The molecule has 2 unspecified atom stereocenters. The Labute approximate surface area is 297 Å². The van der Waals surface area contributed by atoms with Crippen molar-refractivity contribution in [1.29, 1.82) is 0 Å². The van der Waals surface area contributed by atoms with E-state index in [0.717, 1.165) is 25.0 Å². The van der Waals surface area contributed by atoms with Crippen LogP contribution in [0.3, 0.4) is 0 Å². The standard InChI is InChI=1S/C48H37N3/c1-30-19-22-43-36-14-7-6-13-35(36)38-21-20-34-27-47-42(40-17-10-16-39-37-15-8-9-18-44(37)51(47)48(39)40)28-41(34)46-26-33(32-11-4-3-5-12-32)23-24-49(46)31(2)25-45(38)50(43)29-30/h3-19,22-24,26-29,38,45H,2,20-21,25H2,1H3/q+2. The Balaban J connectivity index is 1.20. The fourth-order valence-electron chi connectivity index (χ4n) is 9.58. The quantitative estimate of drug-likeness (QED) is 0.156. The van der Waals surface area contributed by atoms with Crippen molar-refractivity contribution in [3.8, 4) is 33.6 Å². The maximum atomic E-state index is 4.85. The lowest BCUT2D eigenvalue weighted by atomic mass is 9.77. The Morgan fingerprint density at radius 3 is 2.33 bits per heavy atom. The van der Waals surface area contributed by atoms with Crippen LogP contribution in [0.2, 0.25) is 0 Å². The molecule has 0 fully saturated rings.